The van der Waals surface area contributed by atoms with Gasteiger partial charge in [0, 0.05) is 31.5 Å². The molecule has 0 bridgehead atoms. The fourth-order valence-corrected chi connectivity index (χ4v) is 3.40. The van der Waals surface area contributed by atoms with Crippen molar-refractivity contribution in [1.29, 1.82) is 0 Å². The Bertz CT molecular complexity index is 956. The van der Waals surface area contributed by atoms with E-state index in [2.05, 4.69) is 20.1 Å². The van der Waals surface area contributed by atoms with E-state index in [1.54, 1.807) is 22.0 Å². The zero-order valence-corrected chi connectivity index (χ0v) is 15.3. The van der Waals surface area contributed by atoms with Crippen LogP contribution in [0.5, 0.6) is 0 Å². The van der Waals surface area contributed by atoms with Gasteiger partial charge in [-0.25, -0.2) is 19.6 Å². The molecule has 132 valence electrons. The average Bonchev–Trinajstić information content (AvgIpc) is 3.29. The maximum Gasteiger partial charge on any atom is 0.230 e. The van der Waals surface area contributed by atoms with Crippen LogP contribution in [0.25, 0.3) is 17.2 Å². The smallest absolute Gasteiger partial charge is 0.230 e. The summed E-state index contributed by atoms with van der Waals surface area (Å²) in [6.45, 7) is 0.786. The lowest BCUT2D eigenvalue weighted by Gasteiger charge is -2.08. The molecule has 7 nitrogen and oxygen atoms in total. The van der Waals surface area contributed by atoms with Crippen LogP contribution in [0.15, 0.2) is 48.0 Å². The zero-order valence-electron chi connectivity index (χ0n) is 14.5. The Balaban J connectivity index is 1.64. The van der Waals surface area contributed by atoms with Crippen LogP contribution in [0.4, 0.5) is 0 Å². The molecule has 1 amide bonds. The fraction of sp³-hybridized carbons (Fsp3) is 0.278. The number of carbonyl (C=O) groups is 1. The van der Waals surface area contributed by atoms with Crippen molar-refractivity contribution in [3.8, 4) is 17.2 Å². The maximum absolute atomic E-state index is 12.2. The van der Waals surface area contributed by atoms with Crippen LogP contribution in [0.2, 0.25) is 0 Å². The third-order valence-electron chi connectivity index (χ3n) is 4.48. The van der Waals surface area contributed by atoms with E-state index in [0.29, 0.717) is 11.0 Å². The van der Waals surface area contributed by atoms with Gasteiger partial charge in [-0.1, -0.05) is 17.8 Å². The molecule has 1 fully saturated rings. The molecule has 0 aromatic carbocycles. The first-order valence-corrected chi connectivity index (χ1v) is 9.52. The van der Waals surface area contributed by atoms with E-state index in [0.717, 1.165) is 29.9 Å². The van der Waals surface area contributed by atoms with E-state index in [9.17, 15) is 4.79 Å². The fourth-order valence-electron chi connectivity index (χ4n) is 3.05. The van der Waals surface area contributed by atoms with Crippen LogP contribution in [-0.4, -0.2) is 55.4 Å². The summed E-state index contributed by atoms with van der Waals surface area (Å²) in [4.78, 5) is 27.3. The van der Waals surface area contributed by atoms with Gasteiger partial charge in [0.15, 0.2) is 11.0 Å². The van der Waals surface area contributed by atoms with E-state index in [1.165, 1.54) is 11.8 Å². The number of thioether (sulfide) groups is 1. The van der Waals surface area contributed by atoms with E-state index < -0.39 is 0 Å². The van der Waals surface area contributed by atoms with Crippen LogP contribution in [-0.2, 0) is 4.79 Å². The number of hydrogen-bond acceptors (Lipinski definition) is 6. The van der Waals surface area contributed by atoms with Gasteiger partial charge in [-0.2, -0.15) is 5.10 Å². The number of aromatic nitrogens is 5. The van der Waals surface area contributed by atoms with Crippen LogP contribution < -0.4 is 0 Å². The summed E-state index contributed by atoms with van der Waals surface area (Å²) in [6.07, 6.45) is 8.15. The second-order valence-corrected chi connectivity index (χ2v) is 6.90. The highest BCUT2D eigenvalue weighted by Gasteiger charge is 2.31. The molecule has 4 rings (SSSR count). The molecule has 26 heavy (non-hydrogen) atoms. The number of likely N-dealkylation sites (N-methyl/N-ethyl adjacent to an activating group) is 1. The predicted octanol–water partition coefficient (Wildman–Crippen LogP) is 2.39. The highest BCUT2D eigenvalue weighted by Crippen LogP contribution is 2.28. The van der Waals surface area contributed by atoms with Crippen LogP contribution in [0.3, 0.4) is 0 Å². The number of carbonyl (C=O) groups excluding carboxylic acids is 1. The summed E-state index contributed by atoms with van der Waals surface area (Å²) in [5.74, 6) is 0.733. The Morgan fingerprint density at radius 3 is 2.81 bits per heavy atom. The van der Waals surface area contributed by atoms with Crippen molar-refractivity contribution in [2.24, 2.45) is 0 Å². The monoisotopic (exact) mass is 366 g/mol. The lowest BCUT2D eigenvalue weighted by Crippen LogP contribution is -2.21. The minimum Gasteiger partial charge on any atom is -0.345 e. The van der Waals surface area contributed by atoms with Crippen molar-refractivity contribution < 1.29 is 4.79 Å². The Labute approximate surface area is 155 Å². The van der Waals surface area contributed by atoms with E-state index in [-0.39, 0.29) is 11.8 Å². The van der Waals surface area contributed by atoms with Crippen molar-refractivity contribution in [1.82, 2.24) is 29.6 Å². The topological polar surface area (TPSA) is 76.8 Å². The van der Waals surface area contributed by atoms with E-state index >= 15 is 0 Å². The van der Waals surface area contributed by atoms with Gasteiger partial charge in [0.2, 0.25) is 5.91 Å². The summed E-state index contributed by atoms with van der Waals surface area (Å²) in [5.41, 5.74) is 2.46. The van der Waals surface area contributed by atoms with Gasteiger partial charge in [0.25, 0.3) is 0 Å². The van der Waals surface area contributed by atoms with Crippen molar-refractivity contribution in [2.75, 3.05) is 19.8 Å². The zero-order chi connectivity index (χ0) is 18.1. The molecule has 0 aliphatic carbocycles. The summed E-state index contributed by atoms with van der Waals surface area (Å²) < 4.78 is 1.71. The first-order chi connectivity index (χ1) is 12.7. The van der Waals surface area contributed by atoms with Gasteiger partial charge in [0.05, 0.1) is 23.5 Å². The van der Waals surface area contributed by atoms with Gasteiger partial charge in [-0.05, 0) is 30.9 Å². The Morgan fingerprint density at radius 1 is 1.19 bits per heavy atom. The second-order valence-electron chi connectivity index (χ2n) is 6.13. The van der Waals surface area contributed by atoms with Crippen molar-refractivity contribution >= 4 is 17.7 Å². The molecule has 3 aromatic heterocycles. The van der Waals surface area contributed by atoms with E-state index in [4.69, 9.17) is 0 Å². The van der Waals surface area contributed by atoms with Crippen LogP contribution in [0.1, 0.15) is 17.9 Å². The highest BCUT2D eigenvalue weighted by atomic mass is 32.2. The SMILES string of the molecule is CSc1nccc(-c2cccc(-n3cc(C4CCN(C)C4=O)cn3)n2)n1. The molecule has 3 aromatic rings. The molecular formula is C18H18N6OS. The number of likely N-dealkylation sites (tertiary alicyclic amines) is 1. The molecule has 0 saturated carbocycles. The maximum atomic E-state index is 12.2. The van der Waals surface area contributed by atoms with Crippen molar-refractivity contribution in [2.45, 2.75) is 17.5 Å². The molecule has 1 aliphatic rings. The first-order valence-electron chi connectivity index (χ1n) is 8.30. The molecule has 1 atom stereocenters. The highest BCUT2D eigenvalue weighted by molar-refractivity contribution is 7.98. The van der Waals surface area contributed by atoms with Crippen molar-refractivity contribution in [3.63, 3.8) is 0 Å². The molecule has 1 unspecified atom stereocenters. The summed E-state index contributed by atoms with van der Waals surface area (Å²) >= 11 is 1.49. The average molecular weight is 366 g/mol. The van der Waals surface area contributed by atoms with Gasteiger partial charge in [-0.15, -0.1) is 0 Å². The molecule has 0 spiro atoms. The Morgan fingerprint density at radius 2 is 2.04 bits per heavy atom. The van der Waals surface area contributed by atoms with Gasteiger partial charge in [0.1, 0.15) is 0 Å². The quantitative estimate of drug-likeness (QED) is 0.521. The molecule has 1 aliphatic heterocycles. The normalized spacial score (nSPS) is 17.1. The summed E-state index contributed by atoms with van der Waals surface area (Å²) in [5, 5.41) is 5.11. The van der Waals surface area contributed by atoms with Crippen LogP contribution >= 0.6 is 11.8 Å². The summed E-state index contributed by atoms with van der Waals surface area (Å²) in [7, 11) is 1.84. The minimum atomic E-state index is -0.108. The van der Waals surface area contributed by atoms with Crippen LogP contribution in [0, 0.1) is 0 Å². The minimum absolute atomic E-state index is 0.108. The molecule has 1 saturated heterocycles. The Kier molecular flexibility index (Phi) is 4.42. The summed E-state index contributed by atoms with van der Waals surface area (Å²) in [6, 6.07) is 7.57. The molecular weight excluding hydrogens is 348 g/mol. The predicted molar refractivity (Wildman–Crippen MR) is 99.2 cm³/mol. The van der Waals surface area contributed by atoms with Gasteiger partial charge in [-0.3, -0.25) is 4.79 Å². The lowest BCUT2D eigenvalue weighted by atomic mass is 10.0. The second kappa shape index (κ2) is 6.87. The Hall–Kier alpha value is -2.74. The third-order valence-corrected chi connectivity index (χ3v) is 5.04. The molecule has 0 N–H and O–H groups in total. The molecule has 4 heterocycles. The number of amides is 1. The third kappa shape index (κ3) is 3.08. The number of nitrogens with zero attached hydrogens (tertiary/aromatic N) is 6. The van der Waals surface area contributed by atoms with Gasteiger partial charge < -0.3 is 4.90 Å². The largest absolute Gasteiger partial charge is 0.345 e. The number of pyridine rings is 1. The molecule has 0 radical (unpaired) electrons. The lowest BCUT2D eigenvalue weighted by molar-refractivity contribution is -0.127. The number of rotatable bonds is 4. The van der Waals surface area contributed by atoms with Gasteiger partial charge >= 0.3 is 0 Å². The number of hydrogen-bond donors (Lipinski definition) is 0. The van der Waals surface area contributed by atoms with Crippen molar-refractivity contribution in [3.05, 3.63) is 48.4 Å². The first kappa shape index (κ1) is 16.7. The molecule has 8 heteroatoms. The standard InChI is InChI=1S/C18H18N6OS/c1-23-9-7-13(17(23)25)12-10-20-24(11-12)16-5-3-4-14(21-16)15-6-8-19-18(22-15)26-2/h3-6,8,10-11,13H,7,9H2,1-2H3. The van der Waals surface area contributed by atoms with E-state index in [1.807, 2.05) is 43.8 Å².